The zero-order valence-electron chi connectivity index (χ0n) is 25.2. The van der Waals surface area contributed by atoms with E-state index in [2.05, 4.69) is 32.1 Å². The smallest absolute Gasteiger partial charge is 0.199 e. The van der Waals surface area contributed by atoms with Gasteiger partial charge in [-0.3, -0.25) is 0 Å². The van der Waals surface area contributed by atoms with Crippen molar-refractivity contribution < 1.29 is 23.4 Å². The molecule has 0 aliphatic heterocycles. The molecule has 0 saturated heterocycles. The van der Waals surface area contributed by atoms with E-state index in [9.17, 15) is 19.1 Å². The van der Waals surface area contributed by atoms with Gasteiger partial charge in [0, 0.05) is 18.7 Å². The maximum Gasteiger partial charge on any atom is 0.199 e. The quantitative estimate of drug-likeness (QED) is 0.163. The molecule has 0 saturated carbocycles. The van der Waals surface area contributed by atoms with Gasteiger partial charge in [0.1, 0.15) is 39.5 Å². The number of aromatic nitrogens is 4. The van der Waals surface area contributed by atoms with Crippen LogP contribution in [0.4, 0.5) is 14.6 Å². The summed E-state index contributed by atoms with van der Waals surface area (Å²) in [6.07, 6.45) is -1.81. The minimum atomic E-state index is -1.81. The number of nitrogens with zero attached hydrogens (tertiary/aromatic N) is 6. The molecule has 0 aliphatic rings. The molecule has 6 aromatic rings. The van der Waals surface area contributed by atoms with Crippen LogP contribution in [0.2, 0.25) is 0 Å². The number of aliphatic hydroxyl groups excluding tert-OH is 1. The summed E-state index contributed by atoms with van der Waals surface area (Å²) in [5.41, 5.74) is 3.00. The molecule has 47 heavy (non-hydrogen) atoms. The first-order valence-electron chi connectivity index (χ1n) is 14.4. The molecule has 9 nitrogen and oxygen atoms in total. The first-order chi connectivity index (χ1) is 22.8. The molecule has 0 amide bonds. The van der Waals surface area contributed by atoms with E-state index in [-0.39, 0.29) is 11.5 Å². The molecule has 4 aromatic carbocycles. The van der Waals surface area contributed by atoms with Gasteiger partial charge in [0.05, 0.1) is 31.4 Å². The second-order valence-electron chi connectivity index (χ2n) is 10.6. The van der Waals surface area contributed by atoms with Crippen LogP contribution in [0, 0.1) is 23.0 Å². The number of nitriles is 1. The third-order valence-corrected chi connectivity index (χ3v) is 8.28. The van der Waals surface area contributed by atoms with Gasteiger partial charge >= 0.3 is 0 Å². The number of ether oxygens (including phenoxy) is 2. The van der Waals surface area contributed by atoms with Gasteiger partial charge in [-0.1, -0.05) is 42.5 Å². The fourth-order valence-corrected chi connectivity index (χ4v) is 5.73. The minimum Gasteiger partial charge on any atom is -0.497 e. The van der Waals surface area contributed by atoms with Crippen molar-refractivity contribution in [3.63, 3.8) is 0 Å². The maximum absolute atomic E-state index is 14.7. The largest absolute Gasteiger partial charge is 0.497 e. The van der Waals surface area contributed by atoms with E-state index in [1.165, 1.54) is 10.6 Å². The van der Waals surface area contributed by atoms with Crippen LogP contribution in [0.15, 0.2) is 95.6 Å². The fourth-order valence-electron chi connectivity index (χ4n) is 5.17. The van der Waals surface area contributed by atoms with Crippen LogP contribution in [-0.2, 0) is 13.1 Å². The van der Waals surface area contributed by atoms with E-state index in [0.29, 0.717) is 51.8 Å². The van der Waals surface area contributed by atoms with Gasteiger partial charge in [0.25, 0.3) is 0 Å². The maximum atomic E-state index is 14.7. The molecule has 2 aromatic heterocycles. The minimum absolute atomic E-state index is 0.227. The van der Waals surface area contributed by atoms with Gasteiger partial charge in [0.15, 0.2) is 17.3 Å². The van der Waals surface area contributed by atoms with Crippen LogP contribution < -0.4 is 14.4 Å². The van der Waals surface area contributed by atoms with Crippen molar-refractivity contribution in [2.75, 3.05) is 19.1 Å². The third-order valence-electron chi connectivity index (χ3n) is 7.57. The second kappa shape index (κ2) is 13.5. The van der Waals surface area contributed by atoms with Gasteiger partial charge in [-0.25, -0.2) is 23.3 Å². The first-order valence-corrected chi connectivity index (χ1v) is 15.2. The summed E-state index contributed by atoms with van der Waals surface area (Å²) in [5.74, 6) is -0.301. The molecule has 1 atom stereocenters. The van der Waals surface area contributed by atoms with Crippen LogP contribution in [0.5, 0.6) is 11.5 Å². The van der Waals surface area contributed by atoms with Gasteiger partial charge in [-0.2, -0.15) is 5.26 Å². The van der Waals surface area contributed by atoms with Crippen molar-refractivity contribution >= 4 is 27.4 Å². The van der Waals surface area contributed by atoms with Crippen LogP contribution >= 0.6 is 15.9 Å². The highest BCUT2D eigenvalue weighted by molar-refractivity contribution is 9.10. The normalized spacial score (nSPS) is 11.7. The van der Waals surface area contributed by atoms with Crippen molar-refractivity contribution in [2.24, 2.45) is 0 Å². The van der Waals surface area contributed by atoms with Crippen molar-refractivity contribution in [3.05, 3.63) is 135 Å². The lowest BCUT2D eigenvalue weighted by Crippen LogP contribution is -2.24. The highest BCUT2D eigenvalue weighted by Crippen LogP contribution is 2.35. The molecule has 1 N–H and O–H groups in total. The molecule has 0 fully saturated rings. The average molecular weight is 698 g/mol. The third kappa shape index (κ3) is 6.49. The predicted octanol–water partition coefficient (Wildman–Crippen LogP) is 7.01. The summed E-state index contributed by atoms with van der Waals surface area (Å²) < 4.78 is 42.0. The van der Waals surface area contributed by atoms with Gasteiger partial charge in [-0.05, 0) is 75.6 Å². The lowest BCUT2D eigenvalue weighted by atomic mass is 10.1. The van der Waals surface area contributed by atoms with E-state index in [1.807, 2.05) is 59.5 Å². The standard InChI is InChI=1S/C35H27BrF2N6O3/c1-46-25-13-9-21(10-14-25)19-43(20-22-11-15-26(47-2)16-12-22)34-35-41-33(31(45)29-27(37)7-4-8-28(29)38)42-44(35)32(36)30(40-34)24-6-3-5-23(17-24)18-39/h3-17,31,45H,19-20H2,1-2H3. The summed E-state index contributed by atoms with van der Waals surface area (Å²) in [7, 11) is 3.20. The monoisotopic (exact) mass is 696 g/mol. The number of halogens is 3. The molecular formula is C35H27BrF2N6O3. The van der Waals surface area contributed by atoms with Crippen molar-refractivity contribution in [2.45, 2.75) is 19.2 Å². The Morgan fingerprint density at radius 3 is 2.00 bits per heavy atom. The number of benzene rings is 4. The zero-order chi connectivity index (χ0) is 33.1. The van der Waals surface area contributed by atoms with Crippen molar-refractivity contribution in [1.82, 2.24) is 19.6 Å². The Hall–Kier alpha value is -5.38. The first kappa shape index (κ1) is 31.6. The molecule has 12 heteroatoms. The number of hydrogen-bond donors (Lipinski definition) is 1. The van der Waals surface area contributed by atoms with E-state index in [1.54, 1.807) is 32.4 Å². The van der Waals surface area contributed by atoms with Gasteiger partial charge < -0.3 is 19.5 Å². The van der Waals surface area contributed by atoms with Crippen molar-refractivity contribution in [3.8, 4) is 28.8 Å². The lowest BCUT2D eigenvalue weighted by Gasteiger charge is -2.25. The zero-order valence-corrected chi connectivity index (χ0v) is 26.8. The van der Waals surface area contributed by atoms with Crippen LogP contribution in [0.25, 0.3) is 16.9 Å². The highest BCUT2D eigenvalue weighted by atomic mass is 79.9. The fraction of sp³-hybridized carbons (Fsp3) is 0.143. The van der Waals surface area contributed by atoms with Crippen LogP contribution in [0.1, 0.15) is 34.2 Å². The number of fused-ring (bicyclic) bond motifs is 1. The molecule has 2 heterocycles. The summed E-state index contributed by atoms with van der Waals surface area (Å²) in [4.78, 5) is 11.6. The summed E-state index contributed by atoms with van der Waals surface area (Å²) in [6.45, 7) is 0.732. The number of anilines is 1. The number of methoxy groups -OCH3 is 2. The molecular weight excluding hydrogens is 670 g/mol. The number of aliphatic hydroxyl groups is 1. The van der Waals surface area contributed by atoms with E-state index < -0.39 is 23.3 Å². The van der Waals surface area contributed by atoms with E-state index >= 15 is 0 Å². The Labute approximate surface area is 277 Å². The summed E-state index contributed by atoms with van der Waals surface area (Å²) >= 11 is 3.60. The van der Waals surface area contributed by atoms with Gasteiger partial charge in [0.2, 0.25) is 0 Å². The Morgan fingerprint density at radius 1 is 0.872 bits per heavy atom. The molecule has 0 spiro atoms. The molecule has 1 unspecified atom stereocenters. The van der Waals surface area contributed by atoms with Crippen LogP contribution in [-0.4, -0.2) is 38.9 Å². The molecule has 0 radical (unpaired) electrons. The summed E-state index contributed by atoms with van der Waals surface area (Å²) in [6, 6.07) is 27.6. The summed E-state index contributed by atoms with van der Waals surface area (Å²) in [5, 5.41) is 25.3. The topological polar surface area (TPSA) is 109 Å². The van der Waals surface area contributed by atoms with E-state index in [4.69, 9.17) is 14.5 Å². The molecule has 236 valence electrons. The average Bonchev–Trinajstić information content (AvgIpc) is 3.55. The Bertz CT molecular complexity index is 2030. The Kier molecular flexibility index (Phi) is 9.10. The number of hydrogen-bond acceptors (Lipinski definition) is 8. The number of rotatable bonds is 10. The molecule has 0 bridgehead atoms. The molecule has 0 aliphatic carbocycles. The Morgan fingerprint density at radius 2 is 1.45 bits per heavy atom. The predicted molar refractivity (Wildman–Crippen MR) is 175 cm³/mol. The second-order valence-corrected chi connectivity index (χ2v) is 11.3. The van der Waals surface area contributed by atoms with Crippen molar-refractivity contribution in [1.29, 1.82) is 5.26 Å². The molecule has 6 rings (SSSR count). The lowest BCUT2D eigenvalue weighted by molar-refractivity contribution is 0.199. The SMILES string of the molecule is COc1ccc(CN(Cc2ccc(OC)cc2)c2nc(-c3cccc(C#N)c3)c(Br)n3nc(C(O)c4c(F)cccc4F)nc23)cc1. The highest BCUT2D eigenvalue weighted by Gasteiger charge is 2.28. The van der Waals surface area contributed by atoms with Crippen LogP contribution in [0.3, 0.4) is 0 Å². The van der Waals surface area contributed by atoms with E-state index in [0.717, 1.165) is 23.3 Å². The van der Waals surface area contributed by atoms with Gasteiger partial charge in [-0.15, -0.1) is 5.10 Å². The Balaban J connectivity index is 1.56.